The smallest absolute Gasteiger partial charge is 0.430 e. The number of nitrogens with zero attached hydrogens (tertiary/aromatic N) is 3. The molecule has 0 bridgehead atoms. The Balaban J connectivity index is 1.53. The number of aliphatic hydroxyl groups is 1. The van der Waals surface area contributed by atoms with Crippen LogP contribution in [0.1, 0.15) is 49.0 Å². The number of piperidine rings is 1. The van der Waals surface area contributed by atoms with Crippen molar-refractivity contribution in [3.8, 4) is 5.88 Å². The van der Waals surface area contributed by atoms with Crippen LogP contribution in [0.3, 0.4) is 0 Å². The molecule has 2 aromatic rings. The lowest BCUT2D eigenvalue weighted by molar-refractivity contribution is -0.262. The molecule has 1 aromatic carbocycles. The lowest BCUT2D eigenvalue weighted by Gasteiger charge is -2.40. The van der Waals surface area contributed by atoms with E-state index in [1.54, 1.807) is 26.2 Å². The molecule has 11 heteroatoms. The average molecular weight is 570 g/mol. The van der Waals surface area contributed by atoms with E-state index in [0.29, 0.717) is 37.3 Å². The fourth-order valence-electron chi connectivity index (χ4n) is 4.92. The quantitative estimate of drug-likeness (QED) is 0.422. The fraction of sp³-hybridized carbons (Fsp3) is 0.536. The Morgan fingerprint density at radius 1 is 1.13 bits per heavy atom. The molecular weight excluding hydrogens is 535 g/mol. The van der Waals surface area contributed by atoms with E-state index in [0.717, 1.165) is 17.0 Å². The first-order chi connectivity index (χ1) is 18.3. The molecule has 1 saturated heterocycles. The molecule has 1 aromatic heterocycles. The first-order valence-corrected chi connectivity index (χ1v) is 13.3. The van der Waals surface area contributed by atoms with Gasteiger partial charge < -0.3 is 19.6 Å². The summed E-state index contributed by atoms with van der Waals surface area (Å²) in [5.74, 6) is -0.589. The summed E-state index contributed by atoms with van der Waals surface area (Å²) in [5.41, 5.74) is -3.77. The third-order valence-electron chi connectivity index (χ3n) is 7.66. The Bertz CT molecular complexity index is 1140. The second-order valence-corrected chi connectivity index (χ2v) is 10.7. The number of hydrogen-bond donors (Lipinski definition) is 1. The van der Waals surface area contributed by atoms with Crippen molar-refractivity contribution in [3.63, 3.8) is 0 Å². The molecule has 0 spiro atoms. The molecule has 0 unspecified atom stereocenters. The van der Waals surface area contributed by atoms with Crippen molar-refractivity contribution in [3.05, 3.63) is 58.7 Å². The van der Waals surface area contributed by atoms with Gasteiger partial charge in [-0.1, -0.05) is 55.8 Å². The van der Waals surface area contributed by atoms with Gasteiger partial charge in [-0.05, 0) is 43.1 Å². The molecular formula is C28H35ClF3N3O4. The number of hydrogen-bond acceptors (Lipinski definition) is 5. The van der Waals surface area contributed by atoms with Crippen LogP contribution >= 0.6 is 11.6 Å². The van der Waals surface area contributed by atoms with Crippen molar-refractivity contribution in [2.24, 2.45) is 17.8 Å². The van der Waals surface area contributed by atoms with E-state index < -0.39 is 23.2 Å². The highest BCUT2D eigenvalue weighted by Crippen LogP contribution is 2.41. The number of likely N-dealkylation sites (tertiary alicyclic amines) is 1. The monoisotopic (exact) mass is 569 g/mol. The van der Waals surface area contributed by atoms with Crippen LogP contribution in [-0.4, -0.2) is 71.7 Å². The van der Waals surface area contributed by atoms with Gasteiger partial charge in [-0.15, -0.1) is 0 Å². The minimum Gasteiger partial charge on any atom is -0.478 e. The third kappa shape index (κ3) is 6.84. The van der Waals surface area contributed by atoms with Crippen LogP contribution in [0.25, 0.3) is 0 Å². The lowest BCUT2D eigenvalue weighted by atomic mass is 9.77. The first kappa shape index (κ1) is 30.7. The predicted octanol–water partition coefficient (Wildman–Crippen LogP) is 5.17. The molecule has 39 heavy (non-hydrogen) atoms. The Kier molecular flexibility index (Phi) is 9.88. The lowest BCUT2D eigenvalue weighted by Crippen LogP contribution is -2.57. The van der Waals surface area contributed by atoms with Crippen molar-refractivity contribution < 1.29 is 32.6 Å². The minimum absolute atomic E-state index is 0.0682. The number of ether oxygens (including phenoxy) is 1. The molecule has 0 saturated carbocycles. The van der Waals surface area contributed by atoms with Crippen molar-refractivity contribution >= 4 is 23.4 Å². The van der Waals surface area contributed by atoms with E-state index in [1.165, 1.54) is 23.1 Å². The molecule has 7 nitrogen and oxygen atoms in total. The predicted molar refractivity (Wildman–Crippen MR) is 141 cm³/mol. The van der Waals surface area contributed by atoms with Gasteiger partial charge in [0.05, 0.1) is 12.2 Å². The van der Waals surface area contributed by atoms with E-state index in [-0.39, 0.29) is 41.9 Å². The number of carbonyl (C=O) groups excluding carboxylic acids is 2. The van der Waals surface area contributed by atoms with Gasteiger partial charge in [-0.25, -0.2) is 4.98 Å². The molecule has 2 heterocycles. The van der Waals surface area contributed by atoms with Crippen molar-refractivity contribution in [2.75, 3.05) is 33.8 Å². The minimum atomic E-state index is -5.15. The highest BCUT2D eigenvalue weighted by atomic mass is 35.5. The molecule has 1 N–H and O–H groups in total. The maximum Gasteiger partial charge on any atom is 0.430 e. The SMILES string of the molecule is C[C@H](C1CCN(C(=O)[C@@](O)(c2ccccc2)C(F)(F)F)CC1)[C@@H](C)CCOc1ccc(C(=O)N(C)C)c(Cl)n1. The largest absolute Gasteiger partial charge is 0.478 e. The number of amides is 2. The zero-order chi connectivity index (χ0) is 29.0. The van der Waals surface area contributed by atoms with Crippen molar-refractivity contribution in [1.29, 1.82) is 0 Å². The highest BCUT2D eigenvalue weighted by molar-refractivity contribution is 6.32. The van der Waals surface area contributed by atoms with E-state index in [1.807, 2.05) is 0 Å². The normalized spacial score (nSPS) is 17.7. The summed E-state index contributed by atoms with van der Waals surface area (Å²) in [7, 11) is 3.25. The summed E-state index contributed by atoms with van der Waals surface area (Å²) in [5, 5.41) is 10.7. The molecule has 0 aliphatic carbocycles. The van der Waals surface area contributed by atoms with Crippen molar-refractivity contribution in [2.45, 2.75) is 44.9 Å². The van der Waals surface area contributed by atoms with Crippen LogP contribution < -0.4 is 4.74 Å². The highest BCUT2D eigenvalue weighted by Gasteiger charge is 2.62. The molecule has 1 fully saturated rings. The first-order valence-electron chi connectivity index (χ1n) is 12.9. The number of halogens is 4. The molecule has 3 atom stereocenters. The number of aromatic nitrogens is 1. The van der Waals surface area contributed by atoms with Gasteiger partial charge >= 0.3 is 6.18 Å². The summed E-state index contributed by atoms with van der Waals surface area (Å²) in [6.07, 6.45) is -3.36. The molecule has 3 rings (SSSR count). The summed E-state index contributed by atoms with van der Waals surface area (Å²) in [6.45, 7) is 4.84. The Morgan fingerprint density at radius 2 is 1.74 bits per heavy atom. The number of carbonyl (C=O) groups is 2. The fourth-order valence-corrected chi connectivity index (χ4v) is 5.15. The zero-order valence-electron chi connectivity index (χ0n) is 22.5. The number of alkyl halides is 3. The maximum absolute atomic E-state index is 13.9. The van der Waals surface area contributed by atoms with E-state index in [2.05, 4.69) is 18.8 Å². The second-order valence-electron chi connectivity index (χ2n) is 10.4. The number of benzene rings is 1. The molecule has 1 aliphatic rings. The Morgan fingerprint density at radius 3 is 2.28 bits per heavy atom. The van der Waals surface area contributed by atoms with Crippen molar-refractivity contribution in [1.82, 2.24) is 14.8 Å². The molecule has 0 radical (unpaired) electrons. The average Bonchev–Trinajstić information content (AvgIpc) is 2.91. The summed E-state index contributed by atoms with van der Waals surface area (Å²) in [4.78, 5) is 31.8. The van der Waals surface area contributed by atoms with Gasteiger partial charge in [0.1, 0.15) is 5.15 Å². The Hall–Kier alpha value is -2.85. The van der Waals surface area contributed by atoms with Gasteiger partial charge in [0.25, 0.3) is 17.4 Å². The van der Waals surface area contributed by atoms with Crippen LogP contribution in [-0.2, 0) is 10.4 Å². The summed E-state index contributed by atoms with van der Waals surface area (Å²) >= 11 is 6.14. The van der Waals surface area contributed by atoms with Crippen LogP contribution in [0.15, 0.2) is 42.5 Å². The van der Waals surface area contributed by atoms with Crippen LogP contribution in [0, 0.1) is 17.8 Å². The zero-order valence-corrected chi connectivity index (χ0v) is 23.3. The van der Waals surface area contributed by atoms with Gasteiger partial charge in [0.2, 0.25) is 5.88 Å². The third-order valence-corrected chi connectivity index (χ3v) is 7.95. The summed E-state index contributed by atoms with van der Waals surface area (Å²) in [6, 6.07) is 9.66. The second kappa shape index (κ2) is 12.6. The number of pyridine rings is 1. The van der Waals surface area contributed by atoms with Gasteiger partial charge in [-0.2, -0.15) is 13.2 Å². The van der Waals surface area contributed by atoms with E-state index >= 15 is 0 Å². The molecule has 214 valence electrons. The maximum atomic E-state index is 13.9. The molecule has 2 amide bonds. The van der Waals surface area contributed by atoms with Crippen LogP contribution in [0.4, 0.5) is 13.2 Å². The summed E-state index contributed by atoms with van der Waals surface area (Å²) < 4.78 is 47.5. The number of rotatable bonds is 9. The van der Waals surface area contributed by atoms with Gasteiger partial charge in [0, 0.05) is 38.8 Å². The van der Waals surface area contributed by atoms with Gasteiger partial charge in [-0.3, -0.25) is 9.59 Å². The molecule has 1 aliphatic heterocycles. The van der Waals surface area contributed by atoms with Crippen LogP contribution in [0.5, 0.6) is 5.88 Å². The van der Waals surface area contributed by atoms with E-state index in [4.69, 9.17) is 16.3 Å². The van der Waals surface area contributed by atoms with E-state index in [9.17, 15) is 27.9 Å². The Labute approximate surface area is 231 Å². The standard InChI is InChI=1S/C28H35ClF3N3O4/c1-18(14-17-39-23-11-10-22(24(29)33-23)25(36)34(3)4)19(2)20-12-15-35(16-13-20)26(37)27(38,28(30,31)32)21-8-6-5-7-9-21/h5-11,18-20,38H,12-17H2,1-4H3/t18-,19-,27-/m0/s1. The van der Waals surface area contributed by atoms with Gasteiger partial charge in [0.15, 0.2) is 0 Å². The topological polar surface area (TPSA) is 83.0 Å². The van der Waals surface area contributed by atoms with Crippen LogP contribution in [0.2, 0.25) is 5.15 Å².